The number of aliphatic hydroxyl groups is 4. The van der Waals surface area contributed by atoms with Gasteiger partial charge in [-0.3, -0.25) is 0 Å². The molecule has 1 aliphatic heterocycles. The molecule has 0 radical (unpaired) electrons. The molecule has 0 bridgehead atoms. The van der Waals surface area contributed by atoms with E-state index in [0.29, 0.717) is 0 Å². The second-order valence-electron chi connectivity index (χ2n) is 2.93. The van der Waals surface area contributed by atoms with E-state index in [4.69, 9.17) is 14.6 Å². The number of hydrogen-bond donors (Lipinski definition) is 4. The minimum Gasteiger partial charge on any atom is -0.394 e. The molecule has 78 valence electrons. The van der Waals surface area contributed by atoms with Crippen molar-refractivity contribution in [3.63, 3.8) is 0 Å². The van der Waals surface area contributed by atoms with Gasteiger partial charge in [0.1, 0.15) is 24.4 Å². The summed E-state index contributed by atoms with van der Waals surface area (Å²) in [5.41, 5.74) is 0. The van der Waals surface area contributed by atoms with E-state index in [2.05, 4.69) is 0 Å². The van der Waals surface area contributed by atoms with Crippen LogP contribution in [0, 0.1) is 0 Å². The maximum absolute atomic E-state index is 9.28. The first-order chi connectivity index (χ1) is 6.11. The molecule has 0 amide bonds. The third kappa shape index (κ3) is 1.98. The van der Waals surface area contributed by atoms with Gasteiger partial charge in [-0.15, -0.1) is 0 Å². The first kappa shape index (κ1) is 10.8. The molecule has 1 heterocycles. The Bertz CT molecular complexity index is 143. The lowest BCUT2D eigenvalue weighted by atomic mass is 9.99. The van der Waals surface area contributed by atoms with Crippen LogP contribution >= 0.6 is 0 Å². The Kier molecular flexibility index (Phi) is 3.60. The molecule has 1 saturated heterocycles. The van der Waals surface area contributed by atoms with E-state index in [1.54, 1.807) is 0 Å². The van der Waals surface area contributed by atoms with Crippen LogP contribution in [0.3, 0.4) is 0 Å². The van der Waals surface area contributed by atoms with Gasteiger partial charge in [0.15, 0.2) is 6.29 Å². The van der Waals surface area contributed by atoms with Crippen molar-refractivity contribution in [2.45, 2.75) is 30.7 Å². The molecule has 5 atom stereocenters. The highest BCUT2D eigenvalue weighted by Gasteiger charge is 2.43. The van der Waals surface area contributed by atoms with E-state index in [1.165, 1.54) is 7.11 Å². The van der Waals surface area contributed by atoms with Crippen LogP contribution in [0.25, 0.3) is 0 Å². The standard InChI is InChI=1S/C7H14O6/c1-12-7-6(11)5(10)4(9)3(2-8)13-7/h3-11H,2H2,1H3/t3-,4+,5+,6?,7-/m1/s1. The number of hydrogen-bond acceptors (Lipinski definition) is 6. The lowest BCUT2D eigenvalue weighted by molar-refractivity contribution is -0.294. The predicted molar refractivity (Wildman–Crippen MR) is 40.8 cm³/mol. The van der Waals surface area contributed by atoms with Crippen LogP contribution in [-0.2, 0) is 9.47 Å². The molecular weight excluding hydrogens is 180 g/mol. The van der Waals surface area contributed by atoms with Gasteiger partial charge >= 0.3 is 0 Å². The Morgan fingerprint density at radius 1 is 1.15 bits per heavy atom. The highest BCUT2D eigenvalue weighted by atomic mass is 16.7. The molecule has 4 N–H and O–H groups in total. The van der Waals surface area contributed by atoms with Crippen LogP contribution in [-0.4, -0.2) is 64.8 Å². The summed E-state index contributed by atoms with van der Waals surface area (Å²) in [4.78, 5) is 0. The van der Waals surface area contributed by atoms with Gasteiger partial charge in [0, 0.05) is 7.11 Å². The molecular formula is C7H14O6. The zero-order valence-electron chi connectivity index (χ0n) is 7.20. The van der Waals surface area contributed by atoms with E-state index in [1.807, 2.05) is 0 Å². The molecule has 1 aliphatic rings. The fourth-order valence-electron chi connectivity index (χ4n) is 1.26. The predicted octanol–water partition coefficient (Wildman–Crippen LogP) is -2.57. The lowest BCUT2D eigenvalue weighted by Gasteiger charge is -2.38. The first-order valence-corrected chi connectivity index (χ1v) is 3.95. The van der Waals surface area contributed by atoms with Crippen LogP contribution in [0.4, 0.5) is 0 Å². The molecule has 1 fully saturated rings. The number of aliphatic hydroxyl groups excluding tert-OH is 4. The summed E-state index contributed by atoms with van der Waals surface area (Å²) in [5.74, 6) is 0. The summed E-state index contributed by atoms with van der Waals surface area (Å²) in [7, 11) is 1.30. The molecule has 6 nitrogen and oxygen atoms in total. The fourth-order valence-corrected chi connectivity index (χ4v) is 1.26. The number of ether oxygens (including phenoxy) is 2. The first-order valence-electron chi connectivity index (χ1n) is 3.95. The van der Waals surface area contributed by atoms with Gasteiger partial charge in [0.25, 0.3) is 0 Å². The van der Waals surface area contributed by atoms with E-state index >= 15 is 0 Å². The summed E-state index contributed by atoms with van der Waals surface area (Å²) >= 11 is 0. The smallest absolute Gasteiger partial charge is 0.186 e. The highest BCUT2D eigenvalue weighted by molar-refractivity contribution is 4.88. The Hall–Kier alpha value is -0.240. The quantitative estimate of drug-likeness (QED) is 0.386. The number of rotatable bonds is 2. The Balaban J connectivity index is 2.66. The van der Waals surface area contributed by atoms with Gasteiger partial charge < -0.3 is 29.9 Å². The fraction of sp³-hybridized carbons (Fsp3) is 1.00. The minimum absolute atomic E-state index is 0.440. The summed E-state index contributed by atoms with van der Waals surface area (Å²) in [6.07, 6.45) is -5.91. The van der Waals surface area contributed by atoms with E-state index in [0.717, 1.165) is 0 Å². The van der Waals surface area contributed by atoms with Crippen molar-refractivity contribution in [2.24, 2.45) is 0 Å². The number of methoxy groups -OCH3 is 1. The monoisotopic (exact) mass is 194 g/mol. The maximum Gasteiger partial charge on any atom is 0.186 e. The molecule has 0 aliphatic carbocycles. The Morgan fingerprint density at radius 2 is 1.77 bits per heavy atom. The van der Waals surface area contributed by atoms with Gasteiger partial charge in [0.2, 0.25) is 0 Å². The van der Waals surface area contributed by atoms with E-state index in [9.17, 15) is 15.3 Å². The van der Waals surface area contributed by atoms with Crippen LogP contribution in [0.15, 0.2) is 0 Å². The van der Waals surface area contributed by atoms with Crippen LogP contribution in [0.2, 0.25) is 0 Å². The second-order valence-corrected chi connectivity index (χ2v) is 2.93. The van der Waals surface area contributed by atoms with Crippen molar-refractivity contribution in [3.8, 4) is 0 Å². The molecule has 0 aromatic rings. The van der Waals surface area contributed by atoms with E-state index < -0.39 is 37.3 Å². The van der Waals surface area contributed by atoms with Gasteiger partial charge in [-0.05, 0) is 0 Å². The zero-order chi connectivity index (χ0) is 10.0. The van der Waals surface area contributed by atoms with Crippen molar-refractivity contribution >= 4 is 0 Å². The van der Waals surface area contributed by atoms with Crippen molar-refractivity contribution in [1.29, 1.82) is 0 Å². The van der Waals surface area contributed by atoms with Crippen LogP contribution in [0.5, 0.6) is 0 Å². The summed E-state index contributed by atoms with van der Waals surface area (Å²) in [6, 6.07) is 0. The normalized spacial score (nSPS) is 46.4. The van der Waals surface area contributed by atoms with Crippen LogP contribution in [0.1, 0.15) is 0 Å². The largest absolute Gasteiger partial charge is 0.394 e. The zero-order valence-corrected chi connectivity index (χ0v) is 7.20. The second kappa shape index (κ2) is 4.32. The molecule has 0 aromatic carbocycles. The molecule has 1 rings (SSSR count). The van der Waals surface area contributed by atoms with Gasteiger partial charge in [0.05, 0.1) is 6.61 Å². The third-order valence-electron chi connectivity index (χ3n) is 2.08. The summed E-state index contributed by atoms with van der Waals surface area (Å²) < 4.78 is 9.65. The topological polar surface area (TPSA) is 99.4 Å². The Morgan fingerprint density at radius 3 is 2.23 bits per heavy atom. The third-order valence-corrected chi connectivity index (χ3v) is 2.08. The lowest BCUT2D eigenvalue weighted by Crippen LogP contribution is -2.58. The summed E-state index contributed by atoms with van der Waals surface area (Å²) in [5, 5.41) is 36.6. The van der Waals surface area contributed by atoms with Crippen molar-refractivity contribution in [1.82, 2.24) is 0 Å². The van der Waals surface area contributed by atoms with Gasteiger partial charge in [-0.25, -0.2) is 0 Å². The van der Waals surface area contributed by atoms with E-state index in [-0.39, 0.29) is 0 Å². The van der Waals surface area contributed by atoms with Crippen LogP contribution < -0.4 is 0 Å². The molecule has 0 saturated carbocycles. The minimum atomic E-state index is -1.36. The SMILES string of the molecule is CO[C@@H]1O[C@H](CO)[C@H](O)[C@H](O)C1O. The highest BCUT2D eigenvalue weighted by Crippen LogP contribution is 2.20. The molecule has 1 unspecified atom stereocenters. The average Bonchev–Trinajstić information content (AvgIpc) is 2.15. The maximum atomic E-state index is 9.28. The Labute approximate surface area is 75.3 Å². The van der Waals surface area contributed by atoms with Gasteiger partial charge in [-0.1, -0.05) is 0 Å². The summed E-state index contributed by atoms with van der Waals surface area (Å²) in [6.45, 7) is -0.440. The molecule has 6 heteroatoms. The molecule has 0 aromatic heterocycles. The van der Waals surface area contributed by atoms with Gasteiger partial charge in [-0.2, -0.15) is 0 Å². The van der Waals surface area contributed by atoms with Crippen molar-refractivity contribution in [3.05, 3.63) is 0 Å². The molecule has 13 heavy (non-hydrogen) atoms. The molecule has 0 spiro atoms. The van der Waals surface area contributed by atoms with Crippen molar-refractivity contribution in [2.75, 3.05) is 13.7 Å². The average molecular weight is 194 g/mol. The van der Waals surface area contributed by atoms with Crippen molar-refractivity contribution < 1.29 is 29.9 Å².